The van der Waals surface area contributed by atoms with Crippen LogP contribution in [0.3, 0.4) is 0 Å². The van der Waals surface area contributed by atoms with E-state index in [1.165, 1.54) is 14.2 Å². The third-order valence-electron chi connectivity index (χ3n) is 4.04. The highest BCUT2D eigenvalue weighted by molar-refractivity contribution is 5.99. The van der Waals surface area contributed by atoms with Crippen LogP contribution in [0.25, 0.3) is 0 Å². The first kappa shape index (κ1) is 14.6. The monoisotopic (exact) mass is 280 g/mol. The van der Waals surface area contributed by atoms with Crippen LogP contribution in [0.4, 0.5) is 0 Å². The van der Waals surface area contributed by atoms with E-state index in [4.69, 9.17) is 14.2 Å². The van der Waals surface area contributed by atoms with E-state index in [9.17, 15) is 9.59 Å². The Morgan fingerprint density at radius 2 is 1.80 bits per heavy atom. The summed E-state index contributed by atoms with van der Waals surface area (Å²) in [4.78, 5) is 23.9. The molecule has 0 bridgehead atoms. The van der Waals surface area contributed by atoms with Crippen molar-refractivity contribution in [3.8, 4) is 0 Å². The van der Waals surface area contributed by atoms with Crippen molar-refractivity contribution < 1.29 is 23.8 Å². The van der Waals surface area contributed by atoms with Gasteiger partial charge in [-0.1, -0.05) is 12.0 Å². The maximum absolute atomic E-state index is 11.9. The molecule has 0 aromatic rings. The zero-order valence-corrected chi connectivity index (χ0v) is 12.1. The molecule has 5 heteroatoms. The summed E-state index contributed by atoms with van der Waals surface area (Å²) in [6.45, 7) is 0. The van der Waals surface area contributed by atoms with Crippen LogP contribution in [-0.2, 0) is 23.8 Å². The van der Waals surface area contributed by atoms with Crippen molar-refractivity contribution in [2.45, 2.75) is 25.7 Å². The molecule has 1 atom stereocenters. The Labute approximate surface area is 118 Å². The second-order valence-electron chi connectivity index (χ2n) is 5.01. The number of carbonyl (C=O) groups excluding carboxylic acids is 2. The van der Waals surface area contributed by atoms with E-state index in [0.717, 1.165) is 37.0 Å². The molecule has 110 valence electrons. The SMILES string of the molecule is COC(=O)C(C(=O)OC)C1=C2CCCCC2C(OC)=C1. The van der Waals surface area contributed by atoms with Crippen LogP contribution < -0.4 is 0 Å². The number of rotatable bonds is 4. The van der Waals surface area contributed by atoms with Gasteiger partial charge in [0.2, 0.25) is 0 Å². The van der Waals surface area contributed by atoms with Crippen molar-refractivity contribution in [1.82, 2.24) is 0 Å². The predicted molar refractivity (Wildman–Crippen MR) is 71.6 cm³/mol. The molecule has 0 saturated heterocycles. The van der Waals surface area contributed by atoms with E-state index in [1.807, 2.05) is 6.08 Å². The molecule has 0 spiro atoms. The molecule has 2 rings (SSSR count). The first-order valence-electron chi connectivity index (χ1n) is 6.78. The van der Waals surface area contributed by atoms with Gasteiger partial charge in [-0.05, 0) is 30.9 Å². The van der Waals surface area contributed by atoms with Crippen LogP contribution in [0.15, 0.2) is 23.0 Å². The average Bonchev–Trinajstić information content (AvgIpc) is 2.86. The van der Waals surface area contributed by atoms with E-state index in [-0.39, 0.29) is 5.92 Å². The largest absolute Gasteiger partial charge is 0.500 e. The minimum Gasteiger partial charge on any atom is -0.500 e. The maximum atomic E-state index is 11.9. The minimum atomic E-state index is -1.01. The molecule has 1 unspecified atom stereocenters. The van der Waals surface area contributed by atoms with Crippen molar-refractivity contribution in [1.29, 1.82) is 0 Å². The fourth-order valence-corrected chi connectivity index (χ4v) is 3.07. The van der Waals surface area contributed by atoms with Crippen LogP contribution in [0, 0.1) is 11.8 Å². The first-order valence-corrected chi connectivity index (χ1v) is 6.78. The molecule has 20 heavy (non-hydrogen) atoms. The Balaban J connectivity index is 2.42. The van der Waals surface area contributed by atoms with Crippen molar-refractivity contribution >= 4 is 11.9 Å². The smallest absolute Gasteiger partial charge is 0.324 e. The van der Waals surface area contributed by atoms with Gasteiger partial charge in [0, 0.05) is 5.92 Å². The van der Waals surface area contributed by atoms with Gasteiger partial charge in [0.15, 0.2) is 5.92 Å². The summed E-state index contributed by atoms with van der Waals surface area (Å²) in [6.07, 6.45) is 5.88. The normalized spacial score (nSPS) is 21.4. The van der Waals surface area contributed by atoms with Gasteiger partial charge in [0.05, 0.1) is 21.3 Å². The highest BCUT2D eigenvalue weighted by Crippen LogP contribution is 2.44. The highest BCUT2D eigenvalue weighted by atomic mass is 16.5. The van der Waals surface area contributed by atoms with Crippen molar-refractivity contribution in [2.24, 2.45) is 11.8 Å². The fraction of sp³-hybridized carbons (Fsp3) is 0.600. The molecule has 2 aliphatic rings. The number of fused-ring (bicyclic) bond motifs is 1. The van der Waals surface area contributed by atoms with Crippen LogP contribution in [-0.4, -0.2) is 33.3 Å². The summed E-state index contributed by atoms with van der Waals surface area (Å²) in [7, 11) is 4.17. The molecule has 0 radical (unpaired) electrons. The summed E-state index contributed by atoms with van der Waals surface area (Å²) in [5.74, 6) is -1.16. The van der Waals surface area contributed by atoms with E-state index in [1.54, 1.807) is 7.11 Å². The summed E-state index contributed by atoms with van der Waals surface area (Å²) < 4.78 is 14.9. The Hall–Kier alpha value is -1.78. The van der Waals surface area contributed by atoms with Crippen molar-refractivity contribution in [3.05, 3.63) is 23.0 Å². The van der Waals surface area contributed by atoms with E-state index >= 15 is 0 Å². The number of ether oxygens (including phenoxy) is 3. The standard InChI is InChI=1S/C15H20O5/c1-18-12-8-11(9-6-4-5-7-10(9)12)13(14(16)19-2)15(17)20-3/h8,10,13H,4-7H2,1-3H3. The van der Waals surface area contributed by atoms with Gasteiger partial charge < -0.3 is 14.2 Å². The molecule has 0 aromatic heterocycles. The van der Waals surface area contributed by atoms with Crippen LogP contribution >= 0.6 is 0 Å². The third-order valence-corrected chi connectivity index (χ3v) is 4.04. The molecule has 0 aliphatic heterocycles. The molecule has 1 fully saturated rings. The van der Waals surface area contributed by atoms with E-state index in [0.29, 0.717) is 5.57 Å². The summed E-state index contributed by atoms with van der Waals surface area (Å²) in [6, 6.07) is 0. The molecule has 0 N–H and O–H groups in total. The summed E-state index contributed by atoms with van der Waals surface area (Å²) >= 11 is 0. The third kappa shape index (κ3) is 2.44. The van der Waals surface area contributed by atoms with Gasteiger partial charge in [0.1, 0.15) is 5.76 Å². The van der Waals surface area contributed by atoms with E-state index in [2.05, 4.69) is 0 Å². The summed E-state index contributed by atoms with van der Waals surface area (Å²) in [5, 5.41) is 0. The predicted octanol–water partition coefficient (Wildman–Crippen LogP) is 1.98. The molecule has 5 nitrogen and oxygen atoms in total. The summed E-state index contributed by atoms with van der Waals surface area (Å²) in [5.41, 5.74) is 1.82. The Bertz CT molecular complexity index is 459. The van der Waals surface area contributed by atoms with Gasteiger partial charge in [0.25, 0.3) is 0 Å². The number of esters is 2. The van der Waals surface area contributed by atoms with Crippen LogP contribution in [0.2, 0.25) is 0 Å². The topological polar surface area (TPSA) is 61.8 Å². The second kappa shape index (κ2) is 6.11. The molecule has 0 heterocycles. The molecule has 0 amide bonds. The Morgan fingerprint density at radius 1 is 1.15 bits per heavy atom. The van der Waals surface area contributed by atoms with E-state index < -0.39 is 17.9 Å². The zero-order valence-electron chi connectivity index (χ0n) is 12.1. The average molecular weight is 280 g/mol. The quantitative estimate of drug-likeness (QED) is 0.582. The molecule has 0 aromatic carbocycles. The number of allylic oxidation sites excluding steroid dienone is 2. The molecule has 2 aliphatic carbocycles. The lowest BCUT2D eigenvalue weighted by molar-refractivity contribution is -0.156. The molecular weight excluding hydrogens is 260 g/mol. The second-order valence-corrected chi connectivity index (χ2v) is 5.01. The van der Waals surface area contributed by atoms with Crippen LogP contribution in [0.5, 0.6) is 0 Å². The van der Waals surface area contributed by atoms with Crippen molar-refractivity contribution in [2.75, 3.05) is 21.3 Å². The maximum Gasteiger partial charge on any atom is 0.324 e. The van der Waals surface area contributed by atoms with Gasteiger partial charge in [-0.25, -0.2) is 0 Å². The highest BCUT2D eigenvalue weighted by Gasteiger charge is 2.40. The lowest BCUT2D eigenvalue weighted by Crippen LogP contribution is -2.28. The number of hydrogen-bond acceptors (Lipinski definition) is 5. The minimum absolute atomic E-state index is 0.195. The van der Waals surface area contributed by atoms with Crippen molar-refractivity contribution in [3.63, 3.8) is 0 Å². The Morgan fingerprint density at radius 3 is 2.35 bits per heavy atom. The number of methoxy groups -OCH3 is 3. The van der Waals surface area contributed by atoms with Crippen LogP contribution in [0.1, 0.15) is 25.7 Å². The van der Waals surface area contributed by atoms with Gasteiger partial charge in [-0.2, -0.15) is 0 Å². The van der Waals surface area contributed by atoms with Gasteiger partial charge in [-0.15, -0.1) is 0 Å². The lowest BCUT2D eigenvalue weighted by Gasteiger charge is -2.24. The number of carbonyl (C=O) groups is 2. The van der Waals surface area contributed by atoms with Gasteiger partial charge in [-0.3, -0.25) is 9.59 Å². The first-order chi connectivity index (χ1) is 9.63. The molecular formula is C15H20O5. The number of hydrogen-bond donors (Lipinski definition) is 0. The fourth-order valence-electron chi connectivity index (χ4n) is 3.07. The lowest BCUT2D eigenvalue weighted by atomic mass is 9.82. The Kier molecular flexibility index (Phi) is 4.47. The molecule has 1 saturated carbocycles. The van der Waals surface area contributed by atoms with Gasteiger partial charge >= 0.3 is 11.9 Å². The zero-order chi connectivity index (χ0) is 14.7.